The third-order valence-corrected chi connectivity index (χ3v) is 10.2. The first-order valence-electron chi connectivity index (χ1n) is 19.5. The summed E-state index contributed by atoms with van der Waals surface area (Å²) in [4.78, 5) is 64.7. The van der Waals surface area contributed by atoms with Gasteiger partial charge in [0.05, 0.1) is 58.0 Å². The highest BCUT2D eigenvalue weighted by Gasteiger charge is 2.29. The molecule has 1 aliphatic rings. The van der Waals surface area contributed by atoms with E-state index in [1.165, 1.54) is 14.2 Å². The number of rotatable bonds is 17. The van der Waals surface area contributed by atoms with Crippen LogP contribution in [-0.2, 0) is 28.5 Å². The van der Waals surface area contributed by atoms with E-state index in [1.54, 1.807) is 12.4 Å². The predicted molar refractivity (Wildman–Crippen MR) is 217 cm³/mol. The number of nitrogens with one attached hydrogen (secondary N) is 6. The van der Waals surface area contributed by atoms with Crippen LogP contribution in [0.5, 0.6) is 0 Å². The standard InChI is InChI=1S/C42H56N8O8/c1-23(2)35(49-41(53)55-7)34(51)20-43-26(6)38-45-18-32(48-38)29-13-9-27(10-14-29)28-11-15-30(16-12-28)40-57-21-31(22-58-40)33-19-44-37(47-33)25(5)17-46-39(52)36(24(3)4)50-42(54)56-8/h9-16,18-19,23-26,31,35-36,40,43H,17,20-22H2,1-8H3,(H,44,47)(H,45,48)(H,46,52)(H,49,53)(H,50,54)/t25-,26-,31?,35+,36+,40?/m0/s1. The van der Waals surface area contributed by atoms with Crippen LogP contribution in [0.15, 0.2) is 60.9 Å². The molecule has 0 saturated carbocycles. The Morgan fingerprint density at radius 3 is 1.88 bits per heavy atom. The second-order valence-corrected chi connectivity index (χ2v) is 15.2. The van der Waals surface area contributed by atoms with Crippen LogP contribution in [0, 0.1) is 11.8 Å². The van der Waals surface area contributed by atoms with E-state index in [0.717, 1.165) is 39.5 Å². The number of Topliss-reactive ketones (excluding diaryl/α,β-unsaturated/α-hetero) is 1. The second-order valence-electron chi connectivity index (χ2n) is 15.2. The lowest BCUT2D eigenvalue weighted by molar-refractivity contribution is -0.192. The summed E-state index contributed by atoms with van der Waals surface area (Å²) in [5.41, 5.74) is 5.74. The number of ether oxygens (including phenoxy) is 4. The molecule has 3 heterocycles. The molecule has 1 saturated heterocycles. The Morgan fingerprint density at radius 1 is 0.741 bits per heavy atom. The van der Waals surface area contributed by atoms with Gasteiger partial charge < -0.3 is 50.2 Å². The normalized spacial score (nSPS) is 17.6. The number of alkyl carbamates (subject to hydrolysis) is 2. The van der Waals surface area contributed by atoms with E-state index in [9.17, 15) is 19.2 Å². The fraction of sp³-hybridized carbons (Fsp3) is 0.476. The highest BCUT2D eigenvalue weighted by atomic mass is 16.7. The molecular formula is C42H56N8O8. The Balaban J connectivity index is 1.09. The molecular weight excluding hydrogens is 745 g/mol. The van der Waals surface area contributed by atoms with Crippen molar-refractivity contribution < 1.29 is 38.1 Å². The van der Waals surface area contributed by atoms with E-state index < -0.39 is 30.6 Å². The molecule has 4 atom stereocenters. The SMILES string of the molecule is COC(=O)N[C@@H](C(=O)CN[C@@H](C)c1ncc(-c2ccc(-c3ccc(C4OCC(c5cnc([C@@H](C)CNC(=O)[C@H](NC(=O)OC)C(C)C)[nH]5)CO4)cc3)cc2)[nH]1)C(C)C. The number of hydrogen-bond acceptors (Lipinski definition) is 11. The van der Waals surface area contributed by atoms with Gasteiger partial charge in [-0.25, -0.2) is 19.6 Å². The smallest absolute Gasteiger partial charge is 0.407 e. The number of nitrogens with zero attached hydrogens (tertiary/aromatic N) is 2. The Bertz CT molecular complexity index is 1970. The van der Waals surface area contributed by atoms with E-state index in [1.807, 2.05) is 77.9 Å². The zero-order chi connectivity index (χ0) is 41.9. The molecule has 0 unspecified atom stereocenters. The summed E-state index contributed by atoms with van der Waals surface area (Å²) >= 11 is 0. The van der Waals surface area contributed by atoms with Crippen LogP contribution in [0.3, 0.4) is 0 Å². The molecule has 3 amide bonds. The highest BCUT2D eigenvalue weighted by Crippen LogP contribution is 2.32. The molecule has 0 spiro atoms. The van der Waals surface area contributed by atoms with Gasteiger partial charge in [0.15, 0.2) is 12.1 Å². The molecule has 16 nitrogen and oxygen atoms in total. The number of carbonyl (C=O) groups is 4. The Hall–Kier alpha value is -5.58. The molecule has 58 heavy (non-hydrogen) atoms. The van der Waals surface area contributed by atoms with Crippen molar-refractivity contribution in [2.75, 3.05) is 40.5 Å². The molecule has 2 aromatic carbocycles. The Kier molecular flexibility index (Phi) is 15.2. The summed E-state index contributed by atoms with van der Waals surface area (Å²) in [5.74, 6) is 0.671. The molecule has 16 heteroatoms. The van der Waals surface area contributed by atoms with Gasteiger partial charge in [0.1, 0.15) is 17.7 Å². The summed E-state index contributed by atoms with van der Waals surface area (Å²) in [6, 6.07) is 14.7. The molecule has 1 fully saturated rings. The number of ketones is 1. The van der Waals surface area contributed by atoms with Crippen molar-refractivity contribution in [3.63, 3.8) is 0 Å². The lowest BCUT2D eigenvalue weighted by Crippen LogP contribution is -2.50. The Labute approximate surface area is 339 Å². The number of methoxy groups -OCH3 is 2. The molecule has 312 valence electrons. The van der Waals surface area contributed by atoms with Crippen molar-refractivity contribution in [2.45, 2.75) is 77.8 Å². The summed E-state index contributed by atoms with van der Waals surface area (Å²) < 4.78 is 21.6. The summed E-state index contributed by atoms with van der Waals surface area (Å²) in [5, 5.41) is 11.3. The van der Waals surface area contributed by atoms with Crippen molar-refractivity contribution >= 4 is 23.9 Å². The minimum atomic E-state index is -0.710. The number of hydrogen-bond donors (Lipinski definition) is 6. The summed E-state index contributed by atoms with van der Waals surface area (Å²) in [6.07, 6.45) is 1.78. The van der Waals surface area contributed by atoms with Crippen molar-refractivity contribution in [3.05, 3.63) is 83.8 Å². The fourth-order valence-corrected chi connectivity index (χ4v) is 6.51. The van der Waals surface area contributed by atoms with Gasteiger partial charge in [-0.3, -0.25) is 9.59 Å². The van der Waals surface area contributed by atoms with Crippen molar-refractivity contribution in [3.8, 4) is 22.4 Å². The monoisotopic (exact) mass is 800 g/mol. The first kappa shape index (κ1) is 43.5. The molecule has 1 aliphatic heterocycles. The number of H-pyrrole nitrogens is 2. The van der Waals surface area contributed by atoms with E-state index in [4.69, 9.17) is 9.47 Å². The van der Waals surface area contributed by atoms with Crippen LogP contribution in [0.4, 0.5) is 9.59 Å². The average molecular weight is 801 g/mol. The maximum atomic E-state index is 12.8. The van der Waals surface area contributed by atoms with Crippen LogP contribution >= 0.6 is 0 Å². The zero-order valence-electron chi connectivity index (χ0n) is 34.4. The van der Waals surface area contributed by atoms with Crippen LogP contribution in [-0.4, -0.2) is 96.4 Å². The fourth-order valence-electron chi connectivity index (χ4n) is 6.51. The second kappa shape index (κ2) is 20.2. The van der Waals surface area contributed by atoms with Gasteiger partial charge in [0.2, 0.25) is 5.91 Å². The van der Waals surface area contributed by atoms with E-state index in [0.29, 0.717) is 25.6 Å². The van der Waals surface area contributed by atoms with E-state index in [2.05, 4.69) is 62.8 Å². The largest absolute Gasteiger partial charge is 0.453 e. The average Bonchev–Trinajstić information content (AvgIpc) is 3.94. The summed E-state index contributed by atoms with van der Waals surface area (Å²) in [6.45, 7) is 12.6. The third kappa shape index (κ3) is 11.3. The molecule has 6 N–H and O–H groups in total. The number of carbonyl (C=O) groups excluding carboxylic acids is 4. The predicted octanol–water partition coefficient (Wildman–Crippen LogP) is 5.50. The Morgan fingerprint density at radius 2 is 1.29 bits per heavy atom. The van der Waals surface area contributed by atoms with Gasteiger partial charge in [-0.05, 0) is 35.4 Å². The topological polar surface area (TPSA) is 211 Å². The first-order chi connectivity index (χ1) is 27.8. The molecule has 4 aromatic rings. The number of benzene rings is 2. The van der Waals surface area contributed by atoms with Crippen LogP contribution < -0.4 is 21.3 Å². The molecule has 5 rings (SSSR count). The number of aromatic amines is 2. The van der Waals surface area contributed by atoms with Gasteiger partial charge in [0.25, 0.3) is 0 Å². The van der Waals surface area contributed by atoms with Gasteiger partial charge in [-0.15, -0.1) is 0 Å². The molecule has 0 aliphatic carbocycles. The van der Waals surface area contributed by atoms with Crippen molar-refractivity contribution in [1.82, 2.24) is 41.2 Å². The van der Waals surface area contributed by atoms with Crippen LogP contribution in [0.1, 0.15) is 88.6 Å². The number of aromatic nitrogens is 4. The van der Waals surface area contributed by atoms with Crippen molar-refractivity contribution in [1.29, 1.82) is 0 Å². The molecule has 2 aromatic heterocycles. The van der Waals surface area contributed by atoms with Gasteiger partial charge in [0, 0.05) is 35.8 Å². The van der Waals surface area contributed by atoms with Gasteiger partial charge >= 0.3 is 12.2 Å². The van der Waals surface area contributed by atoms with Crippen LogP contribution in [0.2, 0.25) is 0 Å². The molecule has 0 bridgehead atoms. The lowest BCUT2D eigenvalue weighted by atomic mass is 10.00. The minimum absolute atomic E-state index is 0.0272. The highest BCUT2D eigenvalue weighted by molar-refractivity contribution is 5.89. The van der Waals surface area contributed by atoms with Crippen LogP contribution in [0.25, 0.3) is 22.4 Å². The lowest BCUT2D eigenvalue weighted by Gasteiger charge is -2.29. The first-order valence-corrected chi connectivity index (χ1v) is 19.5. The quantitative estimate of drug-likeness (QED) is 0.0786. The maximum Gasteiger partial charge on any atom is 0.407 e. The zero-order valence-corrected chi connectivity index (χ0v) is 34.4. The van der Waals surface area contributed by atoms with E-state index >= 15 is 0 Å². The molecule has 0 radical (unpaired) electrons. The van der Waals surface area contributed by atoms with Crippen molar-refractivity contribution in [2.24, 2.45) is 11.8 Å². The van der Waals surface area contributed by atoms with Gasteiger partial charge in [-0.2, -0.15) is 0 Å². The van der Waals surface area contributed by atoms with Gasteiger partial charge in [-0.1, -0.05) is 83.1 Å². The number of amides is 3. The van der Waals surface area contributed by atoms with E-state index in [-0.39, 0.29) is 47.9 Å². The third-order valence-electron chi connectivity index (χ3n) is 10.2. The summed E-state index contributed by atoms with van der Waals surface area (Å²) in [7, 11) is 2.53. The minimum Gasteiger partial charge on any atom is -0.453 e. The number of imidazole rings is 2. The maximum absolute atomic E-state index is 12.8.